The number of ether oxygens (including phenoxy) is 1. The van der Waals surface area contributed by atoms with Gasteiger partial charge in [0, 0.05) is 24.7 Å². The molecule has 3 saturated carbocycles. The maximum atomic E-state index is 12.2. The number of rotatable bonds is 6. The monoisotopic (exact) mass is 504 g/mol. The average Bonchev–Trinajstić information content (AvgIpc) is 3.05. The van der Waals surface area contributed by atoms with Gasteiger partial charge in [-0.15, -0.1) is 0 Å². The van der Waals surface area contributed by atoms with Crippen molar-refractivity contribution in [3.63, 3.8) is 0 Å². The Morgan fingerprint density at radius 2 is 1.89 bits per heavy atom. The molecule has 0 radical (unpaired) electrons. The standard InChI is InChI=1S/C30H48O6/c1-16(2)17(3)24(33)15-29(6,35)27-25(36-18(4)31)14-23-21-9-8-19-12-20(32)13-26(34)30(19,7)22(21)10-11-28(23,27)5/h9,16,19-20,22-27,32-35H,3,8,10-15H2,1-2,4-7H3/t19-,20?,22-,23-,24?,25?,26?,27-,28-,29-,30-/m0/s1. The zero-order chi connectivity index (χ0) is 26.8. The summed E-state index contributed by atoms with van der Waals surface area (Å²) in [5.74, 6) is -0.00344. The smallest absolute Gasteiger partial charge is 0.302 e. The number of esters is 1. The second kappa shape index (κ2) is 9.52. The topological polar surface area (TPSA) is 107 Å². The Labute approximate surface area is 216 Å². The van der Waals surface area contributed by atoms with E-state index < -0.39 is 30.0 Å². The number of hydrogen-bond donors (Lipinski definition) is 4. The summed E-state index contributed by atoms with van der Waals surface area (Å²) in [7, 11) is 0. The Balaban J connectivity index is 1.69. The van der Waals surface area contributed by atoms with Crippen molar-refractivity contribution in [2.45, 2.75) is 117 Å². The third kappa shape index (κ3) is 4.40. The van der Waals surface area contributed by atoms with Crippen LogP contribution in [-0.4, -0.2) is 56.4 Å². The lowest BCUT2D eigenvalue weighted by atomic mass is 9.46. The molecule has 4 N–H and O–H groups in total. The number of aliphatic hydroxyl groups excluding tert-OH is 3. The summed E-state index contributed by atoms with van der Waals surface area (Å²) in [5, 5.41) is 44.4. The van der Waals surface area contributed by atoms with Crippen LogP contribution in [-0.2, 0) is 9.53 Å². The highest BCUT2D eigenvalue weighted by Gasteiger charge is 2.65. The lowest BCUT2D eigenvalue weighted by Crippen LogP contribution is -2.57. The molecule has 11 atom stereocenters. The van der Waals surface area contributed by atoms with Gasteiger partial charge in [0.25, 0.3) is 0 Å². The summed E-state index contributed by atoms with van der Waals surface area (Å²) in [5.41, 5.74) is 0.176. The fraction of sp³-hybridized carbons (Fsp3) is 0.833. The van der Waals surface area contributed by atoms with Crippen LogP contribution >= 0.6 is 0 Å². The molecule has 0 amide bonds. The predicted molar refractivity (Wildman–Crippen MR) is 139 cm³/mol. The Morgan fingerprint density at radius 3 is 2.50 bits per heavy atom. The summed E-state index contributed by atoms with van der Waals surface area (Å²) in [6.45, 7) is 15.6. The number of carbonyl (C=O) groups excluding carboxylic acids is 1. The van der Waals surface area contributed by atoms with E-state index in [1.807, 2.05) is 13.8 Å². The Hall–Kier alpha value is -1.21. The van der Waals surface area contributed by atoms with Crippen LogP contribution in [0.25, 0.3) is 0 Å². The van der Waals surface area contributed by atoms with Gasteiger partial charge >= 0.3 is 5.97 Å². The van der Waals surface area contributed by atoms with Gasteiger partial charge in [-0.3, -0.25) is 4.79 Å². The van der Waals surface area contributed by atoms with E-state index in [9.17, 15) is 25.2 Å². The first kappa shape index (κ1) is 27.8. The molecule has 4 rings (SSSR count). The minimum absolute atomic E-state index is 0.101. The molecule has 4 unspecified atom stereocenters. The highest BCUT2D eigenvalue weighted by Crippen LogP contribution is 2.67. The van der Waals surface area contributed by atoms with Gasteiger partial charge in [-0.1, -0.05) is 45.9 Å². The summed E-state index contributed by atoms with van der Waals surface area (Å²) >= 11 is 0. The van der Waals surface area contributed by atoms with E-state index in [4.69, 9.17) is 4.74 Å². The van der Waals surface area contributed by atoms with Crippen LogP contribution in [0.2, 0.25) is 0 Å². The van der Waals surface area contributed by atoms with Crippen LogP contribution in [0, 0.1) is 40.4 Å². The first-order chi connectivity index (χ1) is 16.6. The molecule has 0 saturated heterocycles. The van der Waals surface area contributed by atoms with Crippen LogP contribution in [0.15, 0.2) is 23.8 Å². The van der Waals surface area contributed by atoms with Crippen molar-refractivity contribution in [3.8, 4) is 0 Å². The van der Waals surface area contributed by atoms with Crippen molar-refractivity contribution in [3.05, 3.63) is 23.8 Å². The van der Waals surface area contributed by atoms with Gasteiger partial charge in [0.2, 0.25) is 0 Å². The third-order valence-corrected chi connectivity index (χ3v) is 10.9. The predicted octanol–water partition coefficient (Wildman–Crippen LogP) is 4.15. The fourth-order valence-electron chi connectivity index (χ4n) is 9.03. The lowest BCUT2D eigenvalue weighted by molar-refractivity contribution is -0.162. The normalized spacial score (nSPS) is 44.5. The molecule has 0 aliphatic heterocycles. The third-order valence-electron chi connectivity index (χ3n) is 10.9. The largest absolute Gasteiger partial charge is 0.462 e. The number of carbonyl (C=O) groups is 1. The quantitative estimate of drug-likeness (QED) is 0.320. The number of fused-ring (bicyclic) bond motifs is 5. The van der Waals surface area contributed by atoms with Crippen LogP contribution in [0.3, 0.4) is 0 Å². The van der Waals surface area contributed by atoms with Crippen molar-refractivity contribution in [2.24, 2.45) is 40.4 Å². The molecular formula is C30H48O6. The van der Waals surface area contributed by atoms with Gasteiger partial charge in [-0.05, 0) is 80.1 Å². The average molecular weight is 505 g/mol. The Kier molecular flexibility index (Phi) is 7.35. The minimum Gasteiger partial charge on any atom is -0.462 e. The SMILES string of the molecule is C=C(C(C)C)C(O)C[C@](C)(O)[C@H]1C(OC(C)=O)C[C@H]2C3=CC[C@H]4CC(O)CC(O)[C@]4(C)[C@H]3CC[C@@]21C. The molecule has 4 aliphatic rings. The fourth-order valence-corrected chi connectivity index (χ4v) is 9.03. The van der Waals surface area contributed by atoms with Gasteiger partial charge in [-0.2, -0.15) is 0 Å². The molecule has 6 nitrogen and oxygen atoms in total. The highest BCUT2D eigenvalue weighted by atomic mass is 16.5. The van der Waals surface area contributed by atoms with Crippen molar-refractivity contribution in [2.75, 3.05) is 0 Å². The maximum Gasteiger partial charge on any atom is 0.302 e. The van der Waals surface area contributed by atoms with Gasteiger partial charge < -0.3 is 25.2 Å². The van der Waals surface area contributed by atoms with E-state index in [0.717, 1.165) is 25.7 Å². The van der Waals surface area contributed by atoms with Crippen molar-refractivity contribution in [1.29, 1.82) is 0 Å². The molecule has 0 aromatic rings. The maximum absolute atomic E-state index is 12.2. The highest BCUT2D eigenvalue weighted by molar-refractivity contribution is 5.66. The van der Waals surface area contributed by atoms with Crippen LogP contribution in [0.4, 0.5) is 0 Å². The molecule has 6 heteroatoms. The second-order valence-electron chi connectivity index (χ2n) is 13.5. The molecule has 4 aliphatic carbocycles. The summed E-state index contributed by atoms with van der Waals surface area (Å²) in [6, 6.07) is 0. The first-order valence-electron chi connectivity index (χ1n) is 13.9. The Morgan fingerprint density at radius 1 is 1.22 bits per heavy atom. The van der Waals surface area contributed by atoms with E-state index in [1.54, 1.807) is 6.92 Å². The summed E-state index contributed by atoms with van der Waals surface area (Å²) in [6.07, 6.45) is 4.54. The molecule has 0 spiro atoms. The molecule has 0 bridgehead atoms. The van der Waals surface area contributed by atoms with Crippen molar-refractivity contribution < 1.29 is 30.0 Å². The van der Waals surface area contributed by atoms with Crippen molar-refractivity contribution in [1.82, 2.24) is 0 Å². The zero-order valence-electron chi connectivity index (χ0n) is 23.0. The summed E-state index contributed by atoms with van der Waals surface area (Å²) < 4.78 is 5.89. The Bertz CT molecular complexity index is 907. The van der Waals surface area contributed by atoms with Crippen LogP contribution in [0.1, 0.15) is 86.5 Å². The van der Waals surface area contributed by atoms with E-state index in [-0.39, 0.29) is 52.8 Å². The van der Waals surface area contributed by atoms with Gasteiger partial charge in [0.05, 0.1) is 23.9 Å². The van der Waals surface area contributed by atoms with E-state index >= 15 is 0 Å². The van der Waals surface area contributed by atoms with Gasteiger partial charge in [0.15, 0.2) is 0 Å². The van der Waals surface area contributed by atoms with Crippen molar-refractivity contribution >= 4 is 5.97 Å². The molecule has 36 heavy (non-hydrogen) atoms. The van der Waals surface area contributed by atoms with Gasteiger partial charge in [0.1, 0.15) is 6.10 Å². The van der Waals surface area contributed by atoms with E-state index in [0.29, 0.717) is 18.4 Å². The summed E-state index contributed by atoms with van der Waals surface area (Å²) in [4.78, 5) is 12.2. The second-order valence-corrected chi connectivity index (χ2v) is 13.5. The van der Waals surface area contributed by atoms with Crippen LogP contribution < -0.4 is 0 Å². The molecule has 0 heterocycles. The molecule has 0 aromatic carbocycles. The lowest BCUT2D eigenvalue weighted by Gasteiger charge is -2.59. The van der Waals surface area contributed by atoms with E-state index in [1.165, 1.54) is 12.5 Å². The molecule has 0 aromatic heterocycles. The molecule has 3 fully saturated rings. The minimum atomic E-state index is -1.26. The van der Waals surface area contributed by atoms with E-state index in [2.05, 4.69) is 26.5 Å². The molecule has 204 valence electrons. The number of hydrogen-bond acceptors (Lipinski definition) is 6. The first-order valence-corrected chi connectivity index (χ1v) is 13.9. The molecular weight excluding hydrogens is 456 g/mol. The zero-order valence-corrected chi connectivity index (χ0v) is 23.0. The van der Waals surface area contributed by atoms with Crippen LogP contribution in [0.5, 0.6) is 0 Å². The van der Waals surface area contributed by atoms with Gasteiger partial charge in [-0.25, -0.2) is 0 Å². The number of aliphatic hydroxyl groups is 4. The number of allylic oxidation sites excluding steroid dienone is 2.